The van der Waals surface area contributed by atoms with Crippen LogP contribution in [-0.4, -0.2) is 0 Å². The molecule has 46 heavy (non-hydrogen) atoms. The van der Waals surface area contributed by atoms with Crippen molar-refractivity contribution in [3.8, 4) is 44.5 Å². The summed E-state index contributed by atoms with van der Waals surface area (Å²) in [6, 6.07) is 66.6. The van der Waals surface area contributed by atoms with Crippen LogP contribution in [0, 0.1) is 0 Å². The first-order chi connectivity index (χ1) is 22.8. The van der Waals surface area contributed by atoms with Crippen molar-refractivity contribution in [3.05, 3.63) is 182 Å². The van der Waals surface area contributed by atoms with E-state index in [1.165, 1.54) is 87.6 Å². The summed E-state index contributed by atoms with van der Waals surface area (Å²) in [4.78, 5) is 0. The molecule has 9 rings (SSSR count). The fourth-order valence-electron chi connectivity index (χ4n) is 7.32. The number of rotatable bonds is 4. The molecule has 0 bridgehead atoms. The largest absolute Gasteiger partial charge is 0.0622 e. The molecule has 0 aliphatic rings. The number of fused-ring (bicyclic) bond motifs is 4. The highest BCUT2D eigenvalue weighted by Crippen LogP contribution is 2.48. The molecule has 9 aromatic rings. The molecular formula is C46H30. The normalized spacial score (nSPS) is 11.5. The van der Waals surface area contributed by atoms with Gasteiger partial charge in [-0.2, -0.15) is 0 Å². The summed E-state index contributed by atoms with van der Waals surface area (Å²) in [6.07, 6.45) is 0. The van der Waals surface area contributed by atoms with Crippen LogP contribution in [0.15, 0.2) is 182 Å². The lowest BCUT2D eigenvalue weighted by atomic mass is 9.82. The minimum atomic E-state index is 1.22. The zero-order valence-electron chi connectivity index (χ0n) is 25.3. The first-order valence-corrected chi connectivity index (χ1v) is 15.9. The van der Waals surface area contributed by atoms with E-state index in [4.69, 9.17) is 0 Å². The van der Waals surface area contributed by atoms with Gasteiger partial charge in [0.2, 0.25) is 0 Å². The van der Waals surface area contributed by atoms with Crippen LogP contribution in [0.5, 0.6) is 0 Å². The number of hydrogen-bond acceptors (Lipinski definition) is 0. The molecule has 0 saturated carbocycles. The van der Waals surface area contributed by atoms with Gasteiger partial charge in [-0.3, -0.25) is 0 Å². The quantitative estimate of drug-likeness (QED) is 0.181. The fraction of sp³-hybridized carbons (Fsp3) is 0. The fourth-order valence-corrected chi connectivity index (χ4v) is 7.32. The molecule has 0 aliphatic carbocycles. The van der Waals surface area contributed by atoms with Crippen molar-refractivity contribution >= 4 is 43.1 Å². The number of hydrogen-bond donors (Lipinski definition) is 0. The van der Waals surface area contributed by atoms with Crippen LogP contribution in [0.4, 0.5) is 0 Å². The Morgan fingerprint density at radius 1 is 0.217 bits per heavy atom. The van der Waals surface area contributed by atoms with Gasteiger partial charge in [-0.25, -0.2) is 0 Å². The molecule has 0 aromatic heterocycles. The third-order valence-electron chi connectivity index (χ3n) is 9.45. The Morgan fingerprint density at radius 2 is 0.609 bits per heavy atom. The van der Waals surface area contributed by atoms with Crippen LogP contribution in [0.25, 0.3) is 87.6 Å². The Hall–Kier alpha value is -5.98. The molecule has 0 amide bonds. The van der Waals surface area contributed by atoms with Crippen LogP contribution in [-0.2, 0) is 0 Å². The van der Waals surface area contributed by atoms with Crippen molar-refractivity contribution in [2.45, 2.75) is 0 Å². The zero-order chi connectivity index (χ0) is 30.5. The average molecular weight is 583 g/mol. The summed E-state index contributed by atoms with van der Waals surface area (Å²) in [5.74, 6) is 0. The topological polar surface area (TPSA) is 0 Å². The Bertz CT molecular complexity index is 2450. The van der Waals surface area contributed by atoms with Gasteiger partial charge in [0, 0.05) is 0 Å². The second kappa shape index (κ2) is 10.9. The highest BCUT2D eigenvalue weighted by Gasteiger charge is 2.20. The molecular weight excluding hydrogens is 553 g/mol. The van der Waals surface area contributed by atoms with Crippen LogP contribution in [0.2, 0.25) is 0 Å². The Morgan fingerprint density at radius 3 is 1.09 bits per heavy atom. The van der Waals surface area contributed by atoms with Crippen molar-refractivity contribution in [1.82, 2.24) is 0 Å². The molecule has 0 heterocycles. The Balaban J connectivity index is 1.50. The molecule has 9 aromatic carbocycles. The van der Waals surface area contributed by atoms with Gasteiger partial charge in [0.25, 0.3) is 0 Å². The van der Waals surface area contributed by atoms with E-state index >= 15 is 0 Å². The summed E-state index contributed by atoms with van der Waals surface area (Å²) in [6.45, 7) is 0. The lowest BCUT2D eigenvalue weighted by Crippen LogP contribution is -1.94. The predicted octanol–water partition coefficient (Wildman–Crippen LogP) is 13.0. The van der Waals surface area contributed by atoms with E-state index in [9.17, 15) is 0 Å². The second-order valence-corrected chi connectivity index (χ2v) is 12.1. The minimum absolute atomic E-state index is 1.22. The van der Waals surface area contributed by atoms with Crippen LogP contribution >= 0.6 is 0 Å². The Labute approximate surface area is 268 Å². The highest BCUT2D eigenvalue weighted by molar-refractivity contribution is 6.26. The molecule has 0 fully saturated rings. The average Bonchev–Trinajstić information content (AvgIpc) is 3.14. The van der Waals surface area contributed by atoms with Crippen molar-refractivity contribution < 1.29 is 0 Å². The third kappa shape index (κ3) is 4.30. The first-order valence-electron chi connectivity index (χ1n) is 15.9. The van der Waals surface area contributed by atoms with Crippen LogP contribution in [0.3, 0.4) is 0 Å². The van der Waals surface area contributed by atoms with E-state index < -0.39 is 0 Å². The maximum absolute atomic E-state index is 2.42. The van der Waals surface area contributed by atoms with Gasteiger partial charge in [0.15, 0.2) is 0 Å². The predicted molar refractivity (Wildman–Crippen MR) is 198 cm³/mol. The van der Waals surface area contributed by atoms with Crippen molar-refractivity contribution in [2.75, 3.05) is 0 Å². The molecule has 0 aliphatic heterocycles. The maximum atomic E-state index is 2.42. The van der Waals surface area contributed by atoms with E-state index in [1.807, 2.05) is 0 Å². The first kappa shape index (κ1) is 26.4. The van der Waals surface area contributed by atoms with E-state index in [0.717, 1.165) is 0 Å². The standard InChI is InChI=1S/C46H30/c1-3-13-31(14-4-1)35-25-27-41-43(29-35)46(40-24-12-20-34-18-8-10-22-38(34)40)44-30-36(32-15-5-2-6-16-32)26-28-42(44)45(41)39-23-11-19-33-17-7-9-21-37(33)39/h1-30H. The van der Waals surface area contributed by atoms with Gasteiger partial charge in [-0.15, -0.1) is 0 Å². The maximum Gasteiger partial charge on any atom is -0.00197 e. The molecule has 0 unspecified atom stereocenters. The highest BCUT2D eigenvalue weighted by atomic mass is 14.2. The Kier molecular flexibility index (Phi) is 6.25. The van der Waals surface area contributed by atoms with Gasteiger partial charge in [-0.1, -0.05) is 170 Å². The van der Waals surface area contributed by atoms with E-state index in [1.54, 1.807) is 0 Å². The smallest absolute Gasteiger partial charge is 0.00197 e. The number of benzene rings is 9. The van der Waals surface area contributed by atoms with E-state index in [0.29, 0.717) is 0 Å². The lowest BCUT2D eigenvalue weighted by molar-refractivity contribution is 1.63. The molecule has 0 atom stereocenters. The third-order valence-corrected chi connectivity index (χ3v) is 9.45. The molecule has 0 N–H and O–H groups in total. The van der Waals surface area contributed by atoms with Crippen molar-refractivity contribution in [2.24, 2.45) is 0 Å². The van der Waals surface area contributed by atoms with Crippen molar-refractivity contribution in [1.29, 1.82) is 0 Å². The minimum Gasteiger partial charge on any atom is -0.0622 e. The summed E-state index contributed by atoms with van der Waals surface area (Å²) >= 11 is 0. The summed E-state index contributed by atoms with van der Waals surface area (Å²) in [5, 5.41) is 10.1. The van der Waals surface area contributed by atoms with Gasteiger partial charge in [0.05, 0.1) is 0 Å². The molecule has 214 valence electrons. The summed E-state index contributed by atoms with van der Waals surface area (Å²) in [7, 11) is 0. The monoisotopic (exact) mass is 582 g/mol. The van der Waals surface area contributed by atoms with E-state index in [2.05, 4.69) is 182 Å². The van der Waals surface area contributed by atoms with Crippen LogP contribution < -0.4 is 0 Å². The van der Waals surface area contributed by atoms with Crippen LogP contribution in [0.1, 0.15) is 0 Å². The molecule has 0 radical (unpaired) electrons. The zero-order valence-corrected chi connectivity index (χ0v) is 25.3. The molecule has 0 nitrogen and oxygen atoms in total. The van der Waals surface area contributed by atoms with Gasteiger partial charge < -0.3 is 0 Å². The molecule has 0 heteroatoms. The molecule has 0 spiro atoms. The van der Waals surface area contributed by atoms with E-state index in [-0.39, 0.29) is 0 Å². The SMILES string of the molecule is c1ccc(-c2ccc3c(-c4cccc5ccccc45)c4ccc(-c5ccccc5)cc4c(-c4cccc5ccccc45)c3c2)cc1. The van der Waals surface area contributed by atoms with Crippen molar-refractivity contribution in [3.63, 3.8) is 0 Å². The van der Waals surface area contributed by atoms with Gasteiger partial charge in [0.1, 0.15) is 0 Å². The lowest BCUT2D eigenvalue weighted by Gasteiger charge is -2.21. The second-order valence-electron chi connectivity index (χ2n) is 12.1. The van der Waals surface area contributed by atoms with Gasteiger partial charge >= 0.3 is 0 Å². The summed E-state index contributed by atoms with van der Waals surface area (Å²) in [5.41, 5.74) is 9.96. The summed E-state index contributed by atoms with van der Waals surface area (Å²) < 4.78 is 0. The molecule has 0 saturated heterocycles. The van der Waals surface area contributed by atoms with Gasteiger partial charge in [-0.05, 0) is 99.7 Å².